The quantitative estimate of drug-likeness (QED) is 0.827. The van der Waals surface area contributed by atoms with Gasteiger partial charge in [0.2, 0.25) is 5.91 Å². The Labute approximate surface area is 159 Å². The Morgan fingerprint density at radius 3 is 2.69 bits per heavy atom. The highest BCUT2D eigenvalue weighted by Gasteiger charge is 2.68. The van der Waals surface area contributed by atoms with Crippen LogP contribution >= 0.6 is 11.3 Å². The van der Waals surface area contributed by atoms with Crippen molar-refractivity contribution in [1.29, 1.82) is 0 Å². The normalized spacial score (nSPS) is 25.7. The van der Waals surface area contributed by atoms with Crippen molar-refractivity contribution in [2.75, 3.05) is 26.2 Å². The molecule has 4 rings (SSSR count). The van der Waals surface area contributed by atoms with Gasteiger partial charge in [0.25, 0.3) is 0 Å². The third-order valence-electron chi connectivity index (χ3n) is 6.05. The largest absolute Gasteiger partial charge is 0.341 e. The van der Waals surface area contributed by atoms with Crippen LogP contribution in [-0.4, -0.2) is 46.9 Å². The number of thiophene rings is 1. The molecule has 1 aliphatic heterocycles. The molecule has 2 aromatic rings. The first kappa shape index (κ1) is 17.7. The van der Waals surface area contributed by atoms with Gasteiger partial charge >= 0.3 is 0 Å². The monoisotopic (exact) mass is 369 g/mol. The van der Waals surface area contributed by atoms with E-state index in [0.717, 1.165) is 45.6 Å². The molecule has 5 heteroatoms. The highest BCUT2D eigenvalue weighted by Crippen LogP contribution is 2.66. The predicted molar refractivity (Wildman–Crippen MR) is 105 cm³/mol. The minimum atomic E-state index is -0.292. The Morgan fingerprint density at radius 2 is 2.04 bits per heavy atom. The van der Waals surface area contributed by atoms with Gasteiger partial charge in [-0.05, 0) is 41.3 Å². The molecule has 2 aromatic heterocycles. The number of carbonyl (C=O) groups excluding carboxylic acids is 1. The number of carbonyl (C=O) groups is 1. The van der Waals surface area contributed by atoms with E-state index in [0.29, 0.717) is 5.91 Å². The fourth-order valence-electron chi connectivity index (χ4n) is 4.38. The van der Waals surface area contributed by atoms with Gasteiger partial charge in [-0.2, -0.15) is 0 Å². The van der Waals surface area contributed by atoms with E-state index in [1.807, 2.05) is 18.5 Å². The van der Waals surface area contributed by atoms with Gasteiger partial charge in [-0.1, -0.05) is 26.0 Å². The van der Waals surface area contributed by atoms with Crippen LogP contribution in [0.25, 0.3) is 0 Å². The number of pyridine rings is 1. The summed E-state index contributed by atoms with van der Waals surface area (Å²) in [6.45, 7) is 9.04. The summed E-state index contributed by atoms with van der Waals surface area (Å²) in [6, 6.07) is 8.33. The van der Waals surface area contributed by atoms with E-state index in [1.54, 1.807) is 11.3 Å². The number of amides is 1. The lowest BCUT2D eigenvalue weighted by molar-refractivity contribution is -0.134. The first-order valence-electron chi connectivity index (χ1n) is 9.48. The van der Waals surface area contributed by atoms with Crippen molar-refractivity contribution < 1.29 is 4.79 Å². The smallest absolute Gasteiger partial charge is 0.234 e. The van der Waals surface area contributed by atoms with Crippen LogP contribution in [0.2, 0.25) is 0 Å². The highest BCUT2D eigenvalue weighted by molar-refractivity contribution is 7.10. The van der Waals surface area contributed by atoms with Crippen molar-refractivity contribution in [3.63, 3.8) is 0 Å². The number of aromatic nitrogens is 1. The molecule has 26 heavy (non-hydrogen) atoms. The third-order valence-corrected chi connectivity index (χ3v) is 7.08. The van der Waals surface area contributed by atoms with Crippen LogP contribution in [0.4, 0.5) is 0 Å². The molecule has 0 aromatic carbocycles. The summed E-state index contributed by atoms with van der Waals surface area (Å²) in [5, 5.41) is 2.09. The summed E-state index contributed by atoms with van der Waals surface area (Å²) in [5.41, 5.74) is 1.02. The van der Waals surface area contributed by atoms with E-state index in [9.17, 15) is 4.79 Å². The maximum absolute atomic E-state index is 13.5. The average Bonchev–Trinajstić information content (AvgIpc) is 2.98. The van der Waals surface area contributed by atoms with Gasteiger partial charge in [0.15, 0.2) is 0 Å². The first-order valence-corrected chi connectivity index (χ1v) is 10.4. The van der Waals surface area contributed by atoms with E-state index >= 15 is 0 Å². The van der Waals surface area contributed by atoms with Gasteiger partial charge in [0, 0.05) is 50.0 Å². The summed E-state index contributed by atoms with van der Waals surface area (Å²) < 4.78 is 0. The van der Waals surface area contributed by atoms with Crippen molar-refractivity contribution in [2.24, 2.45) is 5.41 Å². The van der Waals surface area contributed by atoms with Crippen LogP contribution in [0.15, 0.2) is 42.0 Å². The average molecular weight is 370 g/mol. The molecule has 0 spiro atoms. The molecule has 1 amide bonds. The van der Waals surface area contributed by atoms with Crippen molar-refractivity contribution in [1.82, 2.24) is 14.8 Å². The minimum Gasteiger partial charge on any atom is -0.341 e. The van der Waals surface area contributed by atoms with Crippen LogP contribution in [-0.2, 0) is 16.8 Å². The van der Waals surface area contributed by atoms with E-state index in [1.165, 1.54) is 10.4 Å². The standard InChI is InChI=1S/C21H27N3OS/c1-20(2)16-21(20,18-7-4-13-26-18)19(25)24-10-5-9-23(11-12-24)15-17-6-3-8-22-14-17/h3-4,6-8,13-14H,5,9-12,15-16H2,1-2H3/t21-/m0/s1. The molecule has 4 nitrogen and oxygen atoms in total. The van der Waals surface area contributed by atoms with Gasteiger partial charge in [0.1, 0.15) is 0 Å². The molecule has 138 valence electrons. The summed E-state index contributed by atoms with van der Waals surface area (Å²) in [7, 11) is 0. The molecule has 1 saturated carbocycles. The van der Waals surface area contributed by atoms with E-state index in [2.05, 4.69) is 52.2 Å². The Kier molecular flexibility index (Phi) is 4.61. The van der Waals surface area contributed by atoms with Crippen LogP contribution in [0.1, 0.15) is 37.1 Å². The van der Waals surface area contributed by atoms with Crippen LogP contribution in [0.5, 0.6) is 0 Å². The number of rotatable bonds is 4. The van der Waals surface area contributed by atoms with E-state index < -0.39 is 0 Å². The van der Waals surface area contributed by atoms with Gasteiger partial charge in [-0.25, -0.2) is 0 Å². The summed E-state index contributed by atoms with van der Waals surface area (Å²) in [4.78, 5) is 23.5. The fraction of sp³-hybridized carbons (Fsp3) is 0.524. The van der Waals surface area contributed by atoms with Crippen molar-refractivity contribution in [2.45, 2.75) is 38.6 Å². The zero-order valence-electron chi connectivity index (χ0n) is 15.6. The van der Waals surface area contributed by atoms with Crippen molar-refractivity contribution in [3.8, 4) is 0 Å². The molecule has 1 saturated heterocycles. The molecule has 1 atom stereocenters. The lowest BCUT2D eigenvalue weighted by Gasteiger charge is -2.28. The molecule has 0 radical (unpaired) electrons. The van der Waals surface area contributed by atoms with Gasteiger partial charge in [0.05, 0.1) is 5.41 Å². The number of hydrogen-bond donors (Lipinski definition) is 0. The van der Waals surface area contributed by atoms with Crippen LogP contribution < -0.4 is 0 Å². The summed E-state index contributed by atoms with van der Waals surface area (Å²) >= 11 is 1.73. The number of nitrogens with zero attached hydrogens (tertiary/aromatic N) is 3. The molecule has 2 aliphatic rings. The Bertz CT molecular complexity index is 759. The maximum atomic E-state index is 13.5. The second-order valence-corrected chi connectivity index (χ2v) is 9.17. The summed E-state index contributed by atoms with van der Waals surface area (Å²) in [5.74, 6) is 0.341. The predicted octanol–water partition coefficient (Wildman–Crippen LogP) is 3.55. The Hall–Kier alpha value is -1.72. The van der Waals surface area contributed by atoms with Crippen molar-refractivity contribution in [3.05, 3.63) is 52.5 Å². The van der Waals surface area contributed by atoms with E-state index in [-0.39, 0.29) is 10.8 Å². The molecule has 2 fully saturated rings. The lowest BCUT2D eigenvalue weighted by atomic mass is 9.92. The second kappa shape index (κ2) is 6.78. The highest BCUT2D eigenvalue weighted by atomic mass is 32.1. The van der Waals surface area contributed by atoms with Crippen LogP contribution in [0.3, 0.4) is 0 Å². The molecule has 3 heterocycles. The SMILES string of the molecule is CC1(C)C[C@@]1(C(=O)N1CCCN(Cc2cccnc2)CC1)c1cccs1. The molecule has 0 unspecified atom stereocenters. The topological polar surface area (TPSA) is 36.4 Å². The molecule has 0 bridgehead atoms. The summed E-state index contributed by atoms with van der Waals surface area (Å²) in [6.07, 6.45) is 5.75. The number of hydrogen-bond acceptors (Lipinski definition) is 4. The molecular formula is C21H27N3OS. The minimum absolute atomic E-state index is 0.0661. The second-order valence-electron chi connectivity index (χ2n) is 8.23. The zero-order chi connectivity index (χ0) is 18.2. The van der Waals surface area contributed by atoms with Crippen molar-refractivity contribution >= 4 is 17.2 Å². The van der Waals surface area contributed by atoms with Gasteiger partial charge < -0.3 is 4.90 Å². The third kappa shape index (κ3) is 3.08. The lowest BCUT2D eigenvalue weighted by Crippen LogP contribution is -2.43. The molecule has 1 aliphatic carbocycles. The molecular weight excluding hydrogens is 342 g/mol. The maximum Gasteiger partial charge on any atom is 0.234 e. The first-order chi connectivity index (χ1) is 12.5. The Morgan fingerprint density at radius 1 is 1.19 bits per heavy atom. The van der Waals surface area contributed by atoms with Gasteiger partial charge in [-0.15, -0.1) is 11.3 Å². The Balaban J connectivity index is 1.45. The van der Waals surface area contributed by atoms with Crippen LogP contribution in [0, 0.1) is 5.41 Å². The fourth-order valence-corrected chi connectivity index (χ4v) is 5.48. The molecule has 0 N–H and O–H groups in total. The van der Waals surface area contributed by atoms with Gasteiger partial charge in [-0.3, -0.25) is 14.7 Å². The zero-order valence-corrected chi connectivity index (χ0v) is 16.5. The van der Waals surface area contributed by atoms with E-state index in [4.69, 9.17) is 0 Å².